The molecule has 2 unspecified atom stereocenters. The Balaban J connectivity index is 2.69. The summed E-state index contributed by atoms with van der Waals surface area (Å²) in [6.45, 7) is 3.74. The van der Waals surface area contributed by atoms with Crippen molar-refractivity contribution in [2.75, 3.05) is 0 Å². The van der Waals surface area contributed by atoms with Crippen LogP contribution in [-0.2, 0) is 14.8 Å². The van der Waals surface area contributed by atoms with Crippen LogP contribution in [-0.4, -0.2) is 20.4 Å². The predicted octanol–water partition coefficient (Wildman–Crippen LogP) is 0.639. The highest BCUT2D eigenvalue weighted by Crippen LogP contribution is 2.15. The molecule has 112 valence electrons. The SMILES string of the molecule is CCC(N)CC(=O)NC(C)c1ccc(S(N)(=O)=O)cc1. The highest BCUT2D eigenvalue weighted by Gasteiger charge is 2.13. The van der Waals surface area contributed by atoms with Gasteiger partial charge in [-0.1, -0.05) is 19.1 Å². The van der Waals surface area contributed by atoms with Crippen molar-refractivity contribution in [1.82, 2.24) is 5.32 Å². The number of hydrogen-bond acceptors (Lipinski definition) is 4. The molecule has 0 saturated carbocycles. The first-order valence-corrected chi connectivity index (χ1v) is 7.96. The van der Waals surface area contributed by atoms with E-state index in [0.717, 1.165) is 12.0 Å². The van der Waals surface area contributed by atoms with Crippen molar-refractivity contribution >= 4 is 15.9 Å². The number of nitrogens with one attached hydrogen (secondary N) is 1. The summed E-state index contributed by atoms with van der Waals surface area (Å²) in [4.78, 5) is 11.8. The van der Waals surface area contributed by atoms with Gasteiger partial charge in [0.2, 0.25) is 15.9 Å². The zero-order chi connectivity index (χ0) is 15.3. The molecule has 5 N–H and O–H groups in total. The van der Waals surface area contributed by atoms with Gasteiger partial charge in [-0.05, 0) is 31.0 Å². The smallest absolute Gasteiger partial charge is 0.238 e. The number of sulfonamides is 1. The average Bonchev–Trinajstić information content (AvgIpc) is 2.37. The van der Waals surface area contributed by atoms with Crippen molar-refractivity contribution < 1.29 is 13.2 Å². The lowest BCUT2D eigenvalue weighted by molar-refractivity contribution is -0.122. The van der Waals surface area contributed by atoms with Crippen molar-refractivity contribution in [3.8, 4) is 0 Å². The molecule has 0 aliphatic carbocycles. The van der Waals surface area contributed by atoms with E-state index < -0.39 is 10.0 Å². The molecule has 0 aromatic heterocycles. The number of nitrogens with two attached hydrogens (primary N) is 2. The van der Waals surface area contributed by atoms with E-state index in [0.29, 0.717) is 0 Å². The van der Waals surface area contributed by atoms with Gasteiger partial charge in [0, 0.05) is 12.5 Å². The zero-order valence-electron chi connectivity index (χ0n) is 11.7. The minimum Gasteiger partial charge on any atom is -0.350 e. The Morgan fingerprint density at radius 3 is 2.30 bits per heavy atom. The maximum atomic E-state index is 11.7. The second-order valence-electron chi connectivity index (χ2n) is 4.78. The Bertz CT molecular complexity index is 555. The van der Waals surface area contributed by atoms with Gasteiger partial charge in [-0.15, -0.1) is 0 Å². The van der Waals surface area contributed by atoms with Crippen molar-refractivity contribution in [2.45, 2.75) is 43.7 Å². The maximum Gasteiger partial charge on any atom is 0.238 e. The first kappa shape index (κ1) is 16.6. The Kier molecular flexibility index (Phi) is 5.67. The quantitative estimate of drug-likeness (QED) is 0.714. The van der Waals surface area contributed by atoms with Gasteiger partial charge in [0.1, 0.15) is 0 Å². The van der Waals surface area contributed by atoms with Gasteiger partial charge in [-0.3, -0.25) is 4.79 Å². The fourth-order valence-corrected chi connectivity index (χ4v) is 2.23. The molecule has 0 heterocycles. The van der Waals surface area contributed by atoms with Crippen molar-refractivity contribution in [3.05, 3.63) is 29.8 Å². The van der Waals surface area contributed by atoms with Crippen molar-refractivity contribution in [2.24, 2.45) is 10.9 Å². The van der Waals surface area contributed by atoms with Gasteiger partial charge >= 0.3 is 0 Å². The minimum atomic E-state index is -3.69. The Morgan fingerprint density at radius 2 is 1.85 bits per heavy atom. The molecule has 0 bridgehead atoms. The van der Waals surface area contributed by atoms with Crippen LogP contribution in [0.3, 0.4) is 0 Å². The van der Waals surface area contributed by atoms with Crippen LogP contribution in [0.4, 0.5) is 0 Å². The summed E-state index contributed by atoms with van der Waals surface area (Å²) in [6.07, 6.45) is 1.01. The first-order chi connectivity index (χ1) is 9.24. The van der Waals surface area contributed by atoms with E-state index in [1.54, 1.807) is 12.1 Å². The summed E-state index contributed by atoms with van der Waals surface area (Å²) >= 11 is 0. The normalized spacial score (nSPS) is 14.6. The molecule has 1 rings (SSSR count). The van der Waals surface area contributed by atoms with E-state index in [-0.39, 0.29) is 29.3 Å². The van der Waals surface area contributed by atoms with Crippen LogP contribution in [0.25, 0.3) is 0 Å². The maximum absolute atomic E-state index is 11.7. The van der Waals surface area contributed by atoms with Gasteiger partial charge in [-0.25, -0.2) is 13.6 Å². The minimum absolute atomic E-state index is 0.0489. The lowest BCUT2D eigenvalue weighted by atomic mass is 10.1. The molecular weight excluding hydrogens is 278 g/mol. The van der Waals surface area contributed by atoms with Crippen LogP contribution >= 0.6 is 0 Å². The number of carbonyl (C=O) groups is 1. The van der Waals surface area contributed by atoms with Gasteiger partial charge in [0.25, 0.3) is 0 Å². The highest BCUT2D eigenvalue weighted by molar-refractivity contribution is 7.89. The molecule has 1 aromatic carbocycles. The van der Waals surface area contributed by atoms with Gasteiger partial charge in [-0.2, -0.15) is 0 Å². The number of carbonyl (C=O) groups excluding carboxylic acids is 1. The molecule has 0 radical (unpaired) electrons. The lowest BCUT2D eigenvalue weighted by Gasteiger charge is -2.16. The monoisotopic (exact) mass is 299 g/mol. The van der Waals surface area contributed by atoms with Crippen LogP contribution in [0.5, 0.6) is 0 Å². The summed E-state index contributed by atoms with van der Waals surface area (Å²) in [7, 11) is -3.69. The summed E-state index contributed by atoms with van der Waals surface area (Å²) in [5.74, 6) is -0.123. The third kappa shape index (κ3) is 4.92. The molecule has 0 saturated heterocycles. The van der Waals surface area contributed by atoms with Crippen molar-refractivity contribution in [1.29, 1.82) is 0 Å². The topological polar surface area (TPSA) is 115 Å². The highest BCUT2D eigenvalue weighted by atomic mass is 32.2. The van der Waals surface area contributed by atoms with E-state index in [1.807, 2.05) is 13.8 Å². The van der Waals surface area contributed by atoms with E-state index in [2.05, 4.69) is 5.32 Å². The van der Waals surface area contributed by atoms with E-state index in [4.69, 9.17) is 10.9 Å². The summed E-state index contributed by atoms with van der Waals surface area (Å²) in [5, 5.41) is 7.84. The molecule has 2 atom stereocenters. The molecule has 0 aliphatic rings. The standard InChI is InChI=1S/C13H21N3O3S/c1-3-11(14)8-13(17)16-9(2)10-4-6-12(7-5-10)20(15,18)19/h4-7,9,11H,3,8,14H2,1-2H3,(H,16,17)(H2,15,18,19). The van der Waals surface area contributed by atoms with Gasteiger partial charge < -0.3 is 11.1 Å². The van der Waals surface area contributed by atoms with E-state index in [1.165, 1.54) is 12.1 Å². The number of benzene rings is 1. The third-order valence-corrected chi connectivity index (χ3v) is 3.99. The summed E-state index contributed by atoms with van der Waals surface area (Å²) in [5.41, 5.74) is 6.52. The molecular formula is C13H21N3O3S. The molecule has 0 fully saturated rings. The molecule has 6 nitrogen and oxygen atoms in total. The van der Waals surface area contributed by atoms with Gasteiger partial charge in [0.05, 0.1) is 10.9 Å². The average molecular weight is 299 g/mol. The second-order valence-corrected chi connectivity index (χ2v) is 6.34. The largest absolute Gasteiger partial charge is 0.350 e. The Morgan fingerprint density at radius 1 is 1.30 bits per heavy atom. The first-order valence-electron chi connectivity index (χ1n) is 6.41. The van der Waals surface area contributed by atoms with E-state index in [9.17, 15) is 13.2 Å². The fraction of sp³-hybridized carbons (Fsp3) is 0.462. The third-order valence-electron chi connectivity index (χ3n) is 3.06. The molecule has 7 heteroatoms. The van der Waals surface area contributed by atoms with Crippen LogP contribution in [0, 0.1) is 0 Å². The Hall–Kier alpha value is -1.44. The number of hydrogen-bond donors (Lipinski definition) is 3. The number of rotatable bonds is 6. The van der Waals surface area contributed by atoms with E-state index >= 15 is 0 Å². The number of primary sulfonamides is 1. The molecule has 0 aliphatic heterocycles. The van der Waals surface area contributed by atoms with Gasteiger partial charge in [0.15, 0.2) is 0 Å². The van der Waals surface area contributed by atoms with Crippen LogP contribution < -0.4 is 16.2 Å². The zero-order valence-corrected chi connectivity index (χ0v) is 12.5. The second kappa shape index (κ2) is 6.83. The molecule has 0 spiro atoms. The molecule has 20 heavy (non-hydrogen) atoms. The van der Waals surface area contributed by atoms with Crippen LogP contribution in [0.1, 0.15) is 38.3 Å². The Labute approximate surface area is 119 Å². The molecule has 1 amide bonds. The fourth-order valence-electron chi connectivity index (χ4n) is 1.71. The van der Waals surface area contributed by atoms with Crippen LogP contribution in [0.15, 0.2) is 29.2 Å². The number of amides is 1. The summed E-state index contributed by atoms with van der Waals surface area (Å²) in [6, 6.07) is 5.73. The molecule has 1 aromatic rings. The predicted molar refractivity (Wildman–Crippen MR) is 77.3 cm³/mol. The summed E-state index contributed by atoms with van der Waals surface area (Å²) < 4.78 is 22.3. The van der Waals surface area contributed by atoms with Crippen molar-refractivity contribution in [3.63, 3.8) is 0 Å². The lowest BCUT2D eigenvalue weighted by Crippen LogP contribution is -2.32. The van der Waals surface area contributed by atoms with Crippen LogP contribution in [0.2, 0.25) is 0 Å².